The van der Waals surface area contributed by atoms with Crippen molar-refractivity contribution in [3.63, 3.8) is 0 Å². The van der Waals surface area contributed by atoms with E-state index in [1.54, 1.807) is 0 Å². The smallest absolute Gasteiger partial charge is 0.0972 e. The van der Waals surface area contributed by atoms with Gasteiger partial charge in [-0.3, -0.25) is 4.98 Å². The fourth-order valence-corrected chi connectivity index (χ4v) is 8.71. The van der Waals surface area contributed by atoms with Gasteiger partial charge in [-0.05, 0) is 101 Å². The number of pyridine rings is 2. The summed E-state index contributed by atoms with van der Waals surface area (Å²) in [7, 11) is 0. The second kappa shape index (κ2) is 13.2. The number of benzene rings is 9. The minimum Gasteiger partial charge on any atom is -0.254 e. The van der Waals surface area contributed by atoms with E-state index in [0.717, 1.165) is 38.6 Å². The van der Waals surface area contributed by atoms with Crippen LogP contribution in [0.3, 0.4) is 0 Å². The summed E-state index contributed by atoms with van der Waals surface area (Å²) in [5.41, 5.74) is 13.6. The number of hydrogen-bond donors (Lipinski definition) is 0. The Kier molecular flexibility index (Phi) is 7.53. The highest BCUT2D eigenvalue weighted by Crippen LogP contribution is 2.46. The summed E-state index contributed by atoms with van der Waals surface area (Å²) in [6, 6.07) is 72.4. The average Bonchev–Trinajstić information content (AvgIpc) is 3.28. The topological polar surface area (TPSA) is 25.8 Å². The van der Waals surface area contributed by atoms with Gasteiger partial charge in [-0.25, -0.2) is 4.98 Å². The van der Waals surface area contributed by atoms with E-state index in [2.05, 4.69) is 199 Å². The van der Waals surface area contributed by atoms with Gasteiger partial charge in [-0.1, -0.05) is 176 Å². The molecule has 0 N–H and O–H groups in total. The van der Waals surface area contributed by atoms with Crippen LogP contribution in [0, 0.1) is 0 Å². The summed E-state index contributed by atoms with van der Waals surface area (Å²) < 4.78 is 0. The second-order valence-corrected chi connectivity index (χ2v) is 14.5. The van der Waals surface area contributed by atoms with Gasteiger partial charge in [0, 0.05) is 22.5 Å². The predicted molar refractivity (Wildman–Crippen MR) is 237 cm³/mol. The first-order valence-corrected chi connectivity index (χ1v) is 19.2. The molecule has 2 heterocycles. The third kappa shape index (κ3) is 5.26. The maximum atomic E-state index is 5.16. The summed E-state index contributed by atoms with van der Waals surface area (Å²) in [6.45, 7) is 0. The lowest BCUT2D eigenvalue weighted by atomic mass is 9.84. The van der Waals surface area contributed by atoms with E-state index in [1.807, 2.05) is 12.3 Å². The molecular weight excluding hydrogens is 677 g/mol. The Labute approximate surface area is 325 Å². The van der Waals surface area contributed by atoms with E-state index in [0.29, 0.717) is 0 Å². The van der Waals surface area contributed by atoms with E-state index in [4.69, 9.17) is 4.98 Å². The van der Waals surface area contributed by atoms with Gasteiger partial charge in [-0.15, -0.1) is 0 Å². The lowest BCUT2D eigenvalue weighted by molar-refractivity contribution is 1.37. The van der Waals surface area contributed by atoms with Crippen LogP contribution in [-0.2, 0) is 0 Å². The summed E-state index contributed by atoms with van der Waals surface area (Å²) in [5, 5.41) is 9.65. The molecule has 11 aromatic rings. The van der Waals surface area contributed by atoms with Crippen molar-refractivity contribution in [1.82, 2.24) is 9.97 Å². The Morgan fingerprint density at radius 1 is 0.286 bits per heavy atom. The summed E-state index contributed by atoms with van der Waals surface area (Å²) in [5.74, 6) is 0. The predicted octanol–water partition coefficient (Wildman–Crippen LogP) is 14.6. The number of hydrogen-bond acceptors (Lipinski definition) is 2. The monoisotopic (exact) mass is 710 g/mol. The van der Waals surface area contributed by atoms with Gasteiger partial charge in [0.05, 0.1) is 16.7 Å². The largest absolute Gasteiger partial charge is 0.254 e. The van der Waals surface area contributed by atoms with Crippen LogP contribution in [0.25, 0.3) is 110 Å². The Morgan fingerprint density at radius 2 is 0.804 bits per heavy atom. The van der Waals surface area contributed by atoms with Gasteiger partial charge in [0.15, 0.2) is 0 Å². The second-order valence-electron chi connectivity index (χ2n) is 14.5. The molecule has 0 unspecified atom stereocenters. The van der Waals surface area contributed by atoms with Crippen LogP contribution in [-0.4, -0.2) is 9.97 Å². The van der Waals surface area contributed by atoms with Crippen LogP contribution in [0.1, 0.15) is 0 Å². The first-order chi connectivity index (χ1) is 27.8. The van der Waals surface area contributed by atoms with Crippen LogP contribution in [0.4, 0.5) is 0 Å². The highest BCUT2D eigenvalue weighted by Gasteiger charge is 2.18. The molecule has 9 aromatic carbocycles. The van der Waals surface area contributed by atoms with Crippen LogP contribution < -0.4 is 0 Å². The van der Waals surface area contributed by atoms with Gasteiger partial charge in [0.25, 0.3) is 0 Å². The molecule has 2 aromatic heterocycles. The molecular formula is C54H34N2. The number of nitrogens with zero attached hydrogens (tertiary/aromatic N) is 2. The lowest BCUT2D eigenvalue weighted by Gasteiger charge is -2.19. The fraction of sp³-hybridized carbons (Fsp3) is 0. The van der Waals surface area contributed by atoms with Crippen molar-refractivity contribution >= 4 is 54.1 Å². The highest BCUT2D eigenvalue weighted by atomic mass is 14.7. The SMILES string of the molecule is c1ccc(-c2c3ccccc3c(-c3ccccc3)c3cc(-c4ccc(-c5cccc(-c6ccc7ccc8cccnc8c7n6)c5)c5ccccc45)ccc23)cc1. The summed E-state index contributed by atoms with van der Waals surface area (Å²) >= 11 is 0. The van der Waals surface area contributed by atoms with E-state index < -0.39 is 0 Å². The molecule has 0 aliphatic heterocycles. The van der Waals surface area contributed by atoms with Gasteiger partial charge < -0.3 is 0 Å². The Morgan fingerprint density at radius 3 is 1.48 bits per heavy atom. The van der Waals surface area contributed by atoms with Crippen molar-refractivity contribution in [2.75, 3.05) is 0 Å². The Balaban J connectivity index is 1.09. The molecule has 0 aliphatic carbocycles. The van der Waals surface area contributed by atoms with Crippen LogP contribution >= 0.6 is 0 Å². The average molecular weight is 711 g/mol. The van der Waals surface area contributed by atoms with Crippen LogP contribution in [0.5, 0.6) is 0 Å². The summed E-state index contributed by atoms with van der Waals surface area (Å²) in [6.07, 6.45) is 1.84. The molecule has 0 saturated carbocycles. The molecule has 0 bridgehead atoms. The molecule has 0 spiro atoms. The third-order valence-corrected chi connectivity index (χ3v) is 11.3. The van der Waals surface area contributed by atoms with Gasteiger partial charge in [0.2, 0.25) is 0 Å². The zero-order valence-electron chi connectivity index (χ0n) is 30.5. The van der Waals surface area contributed by atoms with Crippen LogP contribution in [0.2, 0.25) is 0 Å². The van der Waals surface area contributed by atoms with Gasteiger partial charge in [0.1, 0.15) is 0 Å². The van der Waals surface area contributed by atoms with E-state index in [-0.39, 0.29) is 0 Å². The van der Waals surface area contributed by atoms with Crippen molar-refractivity contribution in [2.24, 2.45) is 0 Å². The van der Waals surface area contributed by atoms with Crippen molar-refractivity contribution in [3.05, 3.63) is 206 Å². The minimum atomic E-state index is 0.926. The molecule has 0 radical (unpaired) electrons. The molecule has 260 valence electrons. The maximum absolute atomic E-state index is 5.16. The van der Waals surface area contributed by atoms with Gasteiger partial charge >= 0.3 is 0 Å². The Hall–Kier alpha value is -7.42. The molecule has 0 aliphatic rings. The molecule has 2 heteroatoms. The Bertz CT molecular complexity index is 3290. The summed E-state index contributed by atoms with van der Waals surface area (Å²) in [4.78, 5) is 9.84. The minimum absolute atomic E-state index is 0.926. The van der Waals surface area contributed by atoms with Gasteiger partial charge in [-0.2, -0.15) is 0 Å². The zero-order valence-corrected chi connectivity index (χ0v) is 30.5. The normalized spacial score (nSPS) is 11.6. The van der Waals surface area contributed by atoms with E-state index >= 15 is 0 Å². The van der Waals surface area contributed by atoms with E-state index in [9.17, 15) is 0 Å². The first kappa shape index (κ1) is 32.0. The zero-order chi connectivity index (χ0) is 37.0. The lowest BCUT2D eigenvalue weighted by Crippen LogP contribution is -1.92. The third-order valence-electron chi connectivity index (χ3n) is 11.3. The highest BCUT2D eigenvalue weighted by molar-refractivity contribution is 6.22. The molecule has 0 saturated heterocycles. The molecule has 0 atom stereocenters. The molecule has 0 amide bonds. The van der Waals surface area contributed by atoms with E-state index in [1.165, 1.54) is 71.3 Å². The van der Waals surface area contributed by atoms with Crippen LogP contribution in [0.15, 0.2) is 206 Å². The first-order valence-electron chi connectivity index (χ1n) is 19.2. The number of fused-ring (bicyclic) bond motifs is 6. The fourth-order valence-electron chi connectivity index (χ4n) is 8.71. The molecule has 0 fully saturated rings. The standard InChI is InChI=1S/C54H34N2/c1-3-13-35(14-4-1)51-46-22-9-10-23-47(46)52(36-15-5-2-6-16-36)49-34-40(26-28-48(49)51)43-30-29-42(44-20-7-8-21-45(43)44)39-17-11-18-41(33-39)50-31-27-38-25-24-37-19-12-32-55-53(37)54(38)56-50/h1-34H. The molecule has 11 rings (SSSR count). The maximum Gasteiger partial charge on any atom is 0.0972 e. The molecule has 2 nitrogen and oxygen atoms in total. The quantitative estimate of drug-likeness (QED) is 0.131. The van der Waals surface area contributed by atoms with Crippen molar-refractivity contribution < 1.29 is 0 Å². The van der Waals surface area contributed by atoms with Crippen molar-refractivity contribution in [1.29, 1.82) is 0 Å². The number of rotatable bonds is 5. The van der Waals surface area contributed by atoms with Crippen molar-refractivity contribution in [3.8, 4) is 55.8 Å². The molecule has 56 heavy (non-hydrogen) atoms. The number of aromatic nitrogens is 2. The van der Waals surface area contributed by atoms with Crippen molar-refractivity contribution in [2.45, 2.75) is 0 Å².